The van der Waals surface area contributed by atoms with Crippen molar-refractivity contribution in [2.24, 2.45) is 7.05 Å². The lowest BCUT2D eigenvalue weighted by Crippen LogP contribution is -2.27. The van der Waals surface area contributed by atoms with Crippen LogP contribution in [0.4, 0.5) is 5.82 Å². The van der Waals surface area contributed by atoms with Gasteiger partial charge in [0, 0.05) is 19.2 Å². The summed E-state index contributed by atoms with van der Waals surface area (Å²) >= 11 is 6.72. The zero-order valence-electron chi connectivity index (χ0n) is 20.1. The molecule has 4 rings (SSSR count). The van der Waals surface area contributed by atoms with Gasteiger partial charge in [-0.05, 0) is 41.8 Å². The minimum atomic E-state index is -0.394. The van der Waals surface area contributed by atoms with Gasteiger partial charge in [0.2, 0.25) is 0 Å². The van der Waals surface area contributed by atoms with Crippen LogP contribution in [0.25, 0.3) is 6.08 Å². The molecular formula is C27H24N4O3S2. The highest BCUT2D eigenvalue weighted by Gasteiger charge is 2.32. The molecule has 9 heteroatoms. The fourth-order valence-corrected chi connectivity index (χ4v) is 5.14. The first kappa shape index (κ1) is 25.2. The number of nitriles is 1. The second-order valence-electron chi connectivity index (χ2n) is 8.19. The predicted octanol–water partition coefficient (Wildman–Crippen LogP) is 4.59. The molecule has 1 aromatic heterocycles. The van der Waals surface area contributed by atoms with E-state index >= 15 is 0 Å². The predicted molar refractivity (Wildman–Crippen MR) is 147 cm³/mol. The second-order valence-corrected chi connectivity index (χ2v) is 9.87. The molecule has 1 saturated heterocycles. The molecule has 1 fully saturated rings. The lowest BCUT2D eigenvalue weighted by molar-refractivity contribution is -0.122. The number of aromatic nitrogens is 1. The number of anilines is 1. The van der Waals surface area contributed by atoms with Gasteiger partial charge in [-0.25, -0.2) is 0 Å². The van der Waals surface area contributed by atoms with Crippen LogP contribution in [-0.4, -0.2) is 26.8 Å². The Bertz CT molecular complexity index is 1460. The largest absolute Gasteiger partial charge is 0.497 e. The van der Waals surface area contributed by atoms with Gasteiger partial charge in [0.15, 0.2) is 0 Å². The molecule has 0 bridgehead atoms. The van der Waals surface area contributed by atoms with Gasteiger partial charge in [-0.3, -0.25) is 19.1 Å². The standard InChI is InChI=1S/C27H24N4O3S2/c1-17-21(24(30(2)25(32)22(17)14-28)29-15-18-7-5-4-6-8-18)13-23-26(33)31(27(35)36-23)16-19-9-11-20(34-3)12-10-19/h4-13,29H,15-16H2,1-3H3/b23-13+. The number of nitrogens with one attached hydrogen (secondary N) is 1. The molecule has 3 aromatic rings. The molecule has 1 aliphatic rings. The summed E-state index contributed by atoms with van der Waals surface area (Å²) in [5, 5.41) is 13.0. The first-order valence-electron chi connectivity index (χ1n) is 11.1. The van der Waals surface area contributed by atoms with Crippen LogP contribution in [0.1, 0.15) is 27.8 Å². The lowest BCUT2D eigenvalue weighted by atomic mass is 10.0. The van der Waals surface area contributed by atoms with Gasteiger partial charge in [0.1, 0.15) is 27.5 Å². The van der Waals surface area contributed by atoms with Gasteiger partial charge in [-0.2, -0.15) is 5.26 Å². The number of hydrogen-bond donors (Lipinski definition) is 1. The number of thiocarbonyl (C=S) groups is 1. The Labute approximate surface area is 219 Å². The van der Waals surface area contributed by atoms with E-state index in [0.717, 1.165) is 16.9 Å². The molecule has 1 aliphatic heterocycles. The number of amides is 1. The maximum atomic E-state index is 13.3. The van der Waals surface area contributed by atoms with E-state index in [1.165, 1.54) is 16.3 Å². The summed E-state index contributed by atoms with van der Waals surface area (Å²) in [5.41, 5.74) is 2.72. The Hall–Kier alpha value is -3.87. The average molecular weight is 517 g/mol. The van der Waals surface area contributed by atoms with E-state index in [1.807, 2.05) is 60.7 Å². The summed E-state index contributed by atoms with van der Waals surface area (Å²) in [6.45, 7) is 2.52. The van der Waals surface area contributed by atoms with Crippen molar-refractivity contribution in [3.8, 4) is 11.8 Å². The maximum Gasteiger partial charge on any atom is 0.270 e. The van der Waals surface area contributed by atoms with E-state index in [4.69, 9.17) is 17.0 Å². The number of carbonyl (C=O) groups is 1. The quantitative estimate of drug-likeness (QED) is 0.363. The van der Waals surface area contributed by atoms with Crippen LogP contribution in [0.2, 0.25) is 0 Å². The van der Waals surface area contributed by atoms with Gasteiger partial charge in [0.05, 0.1) is 18.6 Å². The fraction of sp³-hybridized carbons (Fsp3) is 0.185. The molecule has 1 amide bonds. The highest BCUT2D eigenvalue weighted by Crippen LogP contribution is 2.36. The molecule has 0 spiro atoms. The number of nitrogens with zero attached hydrogens (tertiary/aromatic N) is 3. The van der Waals surface area contributed by atoms with Crippen molar-refractivity contribution in [2.45, 2.75) is 20.0 Å². The Morgan fingerprint density at radius 1 is 1.11 bits per heavy atom. The number of benzene rings is 2. The Morgan fingerprint density at radius 3 is 2.44 bits per heavy atom. The SMILES string of the molecule is COc1ccc(CN2C(=O)/C(=C\c3c(C)c(C#N)c(=O)n(C)c3NCc3ccccc3)SC2=S)cc1. The van der Waals surface area contributed by atoms with Crippen LogP contribution < -0.4 is 15.6 Å². The van der Waals surface area contributed by atoms with Crippen LogP contribution in [0.5, 0.6) is 5.75 Å². The number of pyridine rings is 1. The van der Waals surface area contributed by atoms with Gasteiger partial charge in [-0.1, -0.05) is 66.4 Å². The third kappa shape index (κ3) is 5.05. The third-order valence-electron chi connectivity index (χ3n) is 5.95. The third-order valence-corrected chi connectivity index (χ3v) is 7.33. The average Bonchev–Trinajstić information content (AvgIpc) is 3.15. The first-order valence-corrected chi connectivity index (χ1v) is 12.4. The molecular weight excluding hydrogens is 492 g/mol. The number of thioether (sulfide) groups is 1. The zero-order chi connectivity index (χ0) is 25.8. The number of hydrogen-bond acceptors (Lipinski definition) is 7. The van der Waals surface area contributed by atoms with Crippen LogP contribution in [-0.2, 0) is 24.9 Å². The molecule has 182 valence electrons. The van der Waals surface area contributed by atoms with Crippen LogP contribution >= 0.6 is 24.0 Å². The normalized spacial score (nSPS) is 14.3. The molecule has 0 aliphatic carbocycles. The summed E-state index contributed by atoms with van der Waals surface area (Å²) in [4.78, 5) is 28.1. The van der Waals surface area contributed by atoms with Gasteiger partial charge < -0.3 is 10.1 Å². The van der Waals surface area contributed by atoms with Gasteiger partial charge in [-0.15, -0.1) is 0 Å². The summed E-state index contributed by atoms with van der Waals surface area (Å²) in [7, 11) is 3.21. The van der Waals surface area contributed by atoms with Gasteiger partial charge in [0.25, 0.3) is 11.5 Å². The van der Waals surface area contributed by atoms with Crippen molar-refractivity contribution in [3.63, 3.8) is 0 Å². The van der Waals surface area contributed by atoms with E-state index in [2.05, 4.69) is 5.32 Å². The summed E-state index contributed by atoms with van der Waals surface area (Å²) in [6, 6.07) is 19.2. The van der Waals surface area contributed by atoms with Crippen molar-refractivity contribution < 1.29 is 9.53 Å². The number of methoxy groups -OCH3 is 1. The summed E-state index contributed by atoms with van der Waals surface area (Å²) in [5.74, 6) is 1.04. The molecule has 1 N–H and O–H groups in total. The van der Waals surface area contributed by atoms with Crippen LogP contribution in [0.3, 0.4) is 0 Å². The van der Waals surface area contributed by atoms with Crippen molar-refractivity contribution in [1.29, 1.82) is 5.26 Å². The minimum absolute atomic E-state index is 0.0442. The van der Waals surface area contributed by atoms with Gasteiger partial charge >= 0.3 is 0 Å². The fourth-order valence-electron chi connectivity index (χ4n) is 3.91. The molecule has 7 nitrogen and oxygen atoms in total. The first-order chi connectivity index (χ1) is 17.3. The highest BCUT2D eigenvalue weighted by molar-refractivity contribution is 8.26. The molecule has 36 heavy (non-hydrogen) atoms. The minimum Gasteiger partial charge on any atom is -0.497 e. The van der Waals surface area contributed by atoms with Crippen LogP contribution in [0, 0.1) is 18.3 Å². The Morgan fingerprint density at radius 2 is 1.81 bits per heavy atom. The van der Waals surface area contributed by atoms with E-state index < -0.39 is 5.56 Å². The maximum absolute atomic E-state index is 13.3. The lowest BCUT2D eigenvalue weighted by Gasteiger charge is -2.18. The second kappa shape index (κ2) is 10.8. The van der Waals surface area contributed by atoms with Crippen molar-refractivity contribution in [2.75, 3.05) is 12.4 Å². The van der Waals surface area contributed by atoms with E-state index in [9.17, 15) is 14.9 Å². The van der Waals surface area contributed by atoms with E-state index in [1.54, 1.807) is 32.1 Å². The smallest absolute Gasteiger partial charge is 0.270 e. The van der Waals surface area contributed by atoms with Crippen molar-refractivity contribution in [3.05, 3.63) is 97.7 Å². The molecule has 2 aromatic carbocycles. The molecule has 0 radical (unpaired) electrons. The summed E-state index contributed by atoms with van der Waals surface area (Å²) < 4.78 is 7.06. The molecule has 2 heterocycles. The molecule has 0 saturated carbocycles. The number of carbonyl (C=O) groups excluding carboxylic acids is 1. The number of ether oxygens (including phenoxy) is 1. The number of rotatable bonds is 7. The van der Waals surface area contributed by atoms with Crippen molar-refractivity contribution >= 4 is 46.1 Å². The summed E-state index contributed by atoms with van der Waals surface area (Å²) in [6.07, 6.45) is 1.72. The Kier molecular flexibility index (Phi) is 7.58. The monoisotopic (exact) mass is 516 g/mol. The molecule has 0 atom stereocenters. The Balaban J connectivity index is 1.69. The topological polar surface area (TPSA) is 87.4 Å². The highest BCUT2D eigenvalue weighted by atomic mass is 32.2. The van der Waals surface area contributed by atoms with Crippen molar-refractivity contribution in [1.82, 2.24) is 9.47 Å². The van der Waals surface area contributed by atoms with E-state index in [-0.39, 0.29) is 11.5 Å². The van der Waals surface area contributed by atoms with E-state index in [0.29, 0.717) is 39.3 Å². The molecule has 0 unspecified atom stereocenters. The van der Waals surface area contributed by atoms with Crippen LogP contribution in [0.15, 0.2) is 64.3 Å². The zero-order valence-corrected chi connectivity index (χ0v) is 21.7.